The lowest BCUT2D eigenvalue weighted by Gasteiger charge is -2.14. The maximum atomic E-state index is 5.43. The van der Waals surface area contributed by atoms with Crippen LogP contribution in [0.25, 0.3) is 16.9 Å². The second-order valence-electron chi connectivity index (χ2n) is 6.72. The lowest BCUT2D eigenvalue weighted by molar-refractivity contribution is 0.411. The molecule has 1 N–H and O–H groups in total. The van der Waals surface area contributed by atoms with Gasteiger partial charge in [-0.3, -0.25) is 4.98 Å². The Balaban J connectivity index is 1.51. The standard InChI is InChI=1S/C22H22N6O/c1-16(13-17-7-10-23-11-8-17)26-22-24-12-9-19(27-22)18-14-25-28(15-18)20-5-3-4-6-21(20)29-2/h3-12,14-16H,13H2,1-2H3,(H,24,26,27). The highest BCUT2D eigenvalue weighted by atomic mass is 16.5. The Hall–Kier alpha value is -3.74. The Bertz CT molecular complexity index is 1080. The molecule has 3 heterocycles. The van der Waals surface area contributed by atoms with Gasteiger partial charge in [-0.15, -0.1) is 0 Å². The predicted octanol–water partition coefficient (Wildman–Crippen LogP) is 3.78. The third-order valence-corrected chi connectivity index (χ3v) is 4.53. The van der Waals surface area contributed by atoms with Crippen LogP contribution in [0.1, 0.15) is 12.5 Å². The number of pyridine rings is 1. The number of ether oxygens (including phenoxy) is 1. The maximum absolute atomic E-state index is 5.43. The fourth-order valence-corrected chi connectivity index (χ4v) is 3.14. The van der Waals surface area contributed by atoms with Crippen LogP contribution in [0.4, 0.5) is 5.95 Å². The van der Waals surface area contributed by atoms with Crippen LogP contribution in [0.15, 0.2) is 73.4 Å². The minimum atomic E-state index is 0.184. The van der Waals surface area contributed by atoms with Crippen molar-refractivity contribution < 1.29 is 4.74 Å². The van der Waals surface area contributed by atoms with Crippen LogP contribution < -0.4 is 10.1 Å². The molecule has 4 aromatic rings. The minimum absolute atomic E-state index is 0.184. The van der Waals surface area contributed by atoms with Crippen molar-refractivity contribution >= 4 is 5.95 Å². The summed E-state index contributed by atoms with van der Waals surface area (Å²) in [6.45, 7) is 2.11. The van der Waals surface area contributed by atoms with E-state index in [1.54, 1.807) is 36.6 Å². The zero-order valence-corrected chi connectivity index (χ0v) is 16.4. The molecule has 3 aromatic heterocycles. The van der Waals surface area contributed by atoms with E-state index in [2.05, 4.69) is 32.3 Å². The van der Waals surface area contributed by atoms with Gasteiger partial charge < -0.3 is 10.1 Å². The van der Waals surface area contributed by atoms with E-state index in [0.29, 0.717) is 5.95 Å². The molecule has 0 saturated carbocycles. The molecule has 1 aromatic carbocycles. The summed E-state index contributed by atoms with van der Waals surface area (Å²) in [5.41, 5.74) is 3.80. The normalized spacial score (nSPS) is 11.8. The zero-order chi connectivity index (χ0) is 20.1. The number of hydrogen-bond acceptors (Lipinski definition) is 6. The van der Waals surface area contributed by atoms with Gasteiger partial charge in [-0.2, -0.15) is 5.10 Å². The highest BCUT2D eigenvalue weighted by Gasteiger charge is 2.11. The molecule has 7 nitrogen and oxygen atoms in total. The molecule has 0 aliphatic rings. The fourth-order valence-electron chi connectivity index (χ4n) is 3.14. The number of aromatic nitrogens is 5. The Morgan fingerprint density at radius 3 is 2.72 bits per heavy atom. The zero-order valence-electron chi connectivity index (χ0n) is 16.4. The monoisotopic (exact) mass is 386 g/mol. The molecule has 0 aliphatic carbocycles. The van der Waals surface area contributed by atoms with Gasteiger partial charge in [-0.25, -0.2) is 14.6 Å². The number of anilines is 1. The van der Waals surface area contributed by atoms with Gasteiger partial charge in [0.25, 0.3) is 0 Å². The van der Waals surface area contributed by atoms with Crippen LogP contribution in [-0.4, -0.2) is 37.9 Å². The summed E-state index contributed by atoms with van der Waals surface area (Å²) in [6, 6.07) is 13.9. The third-order valence-electron chi connectivity index (χ3n) is 4.53. The first-order valence-electron chi connectivity index (χ1n) is 9.40. The summed E-state index contributed by atoms with van der Waals surface area (Å²) in [4.78, 5) is 13.1. The Labute approximate surface area is 169 Å². The first-order chi connectivity index (χ1) is 14.2. The number of nitrogens with one attached hydrogen (secondary N) is 1. The molecule has 0 radical (unpaired) electrons. The molecule has 0 bridgehead atoms. The molecule has 1 atom stereocenters. The van der Waals surface area contributed by atoms with Gasteiger partial charge in [0, 0.05) is 36.4 Å². The van der Waals surface area contributed by atoms with Crippen molar-refractivity contribution in [2.75, 3.05) is 12.4 Å². The summed E-state index contributed by atoms with van der Waals surface area (Å²) in [6.07, 6.45) is 9.95. The fraction of sp³-hybridized carbons (Fsp3) is 0.182. The van der Waals surface area contributed by atoms with Crippen molar-refractivity contribution in [2.45, 2.75) is 19.4 Å². The van der Waals surface area contributed by atoms with Crippen molar-refractivity contribution in [3.63, 3.8) is 0 Å². The number of methoxy groups -OCH3 is 1. The molecule has 0 amide bonds. The number of para-hydroxylation sites is 2. The number of benzene rings is 1. The van der Waals surface area contributed by atoms with Crippen molar-refractivity contribution in [1.29, 1.82) is 0 Å². The van der Waals surface area contributed by atoms with Crippen LogP contribution in [0.5, 0.6) is 5.75 Å². The van der Waals surface area contributed by atoms with E-state index in [9.17, 15) is 0 Å². The SMILES string of the molecule is COc1ccccc1-n1cc(-c2ccnc(NC(C)Cc3ccncc3)n2)cn1. The van der Waals surface area contributed by atoms with Gasteiger partial charge in [0.15, 0.2) is 0 Å². The molecule has 7 heteroatoms. The molecule has 0 spiro atoms. The van der Waals surface area contributed by atoms with Gasteiger partial charge in [0.2, 0.25) is 5.95 Å². The van der Waals surface area contributed by atoms with Crippen molar-refractivity contribution in [2.24, 2.45) is 0 Å². The van der Waals surface area contributed by atoms with E-state index in [4.69, 9.17) is 4.74 Å². The summed E-state index contributed by atoms with van der Waals surface area (Å²) in [7, 11) is 1.65. The van der Waals surface area contributed by atoms with Gasteiger partial charge in [0.1, 0.15) is 11.4 Å². The number of nitrogens with zero attached hydrogens (tertiary/aromatic N) is 5. The third kappa shape index (κ3) is 4.40. The average Bonchev–Trinajstić information content (AvgIpc) is 3.25. The molecule has 1 unspecified atom stereocenters. The van der Waals surface area contributed by atoms with Crippen LogP contribution in [-0.2, 0) is 6.42 Å². The highest BCUT2D eigenvalue weighted by Crippen LogP contribution is 2.24. The molecular formula is C22H22N6O. The van der Waals surface area contributed by atoms with Crippen LogP contribution in [0.3, 0.4) is 0 Å². The molecule has 29 heavy (non-hydrogen) atoms. The van der Waals surface area contributed by atoms with E-state index in [1.165, 1.54) is 5.56 Å². The molecular weight excluding hydrogens is 364 g/mol. The van der Waals surface area contributed by atoms with Crippen molar-refractivity contribution in [1.82, 2.24) is 24.7 Å². The largest absolute Gasteiger partial charge is 0.494 e. The predicted molar refractivity (Wildman–Crippen MR) is 112 cm³/mol. The van der Waals surface area contributed by atoms with E-state index >= 15 is 0 Å². The molecule has 0 fully saturated rings. The Morgan fingerprint density at radius 1 is 1.07 bits per heavy atom. The Kier molecular flexibility index (Phi) is 5.47. The summed E-state index contributed by atoms with van der Waals surface area (Å²) in [5.74, 6) is 1.35. The topological polar surface area (TPSA) is 77.8 Å². The molecule has 146 valence electrons. The quantitative estimate of drug-likeness (QED) is 0.521. The van der Waals surface area contributed by atoms with Gasteiger partial charge in [-0.1, -0.05) is 12.1 Å². The van der Waals surface area contributed by atoms with Crippen molar-refractivity contribution in [3.8, 4) is 22.7 Å². The molecule has 0 aliphatic heterocycles. The lowest BCUT2D eigenvalue weighted by Crippen LogP contribution is -2.19. The average molecular weight is 386 g/mol. The van der Waals surface area contributed by atoms with Gasteiger partial charge in [-0.05, 0) is 49.2 Å². The van der Waals surface area contributed by atoms with Crippen LogP contribution >= 0.6 is 0 Å². The highest BCUT2D eigenvalue weighted by molar-refractivity contribution is 5.59. The van der Waals surface area contributed by atoms with Crippen molar-refractivity contribution in [3.05, 3.63) is 79.0 Å². The number of hydrogen-bond donors (Lipinski definition) is 1. The van der Waals surface area contributed by atoms with E-state index in [0.717, 1.165) is 29.1 Å². The van der Waals surface area contributed by atoms with E-state index < -0.39 is 0 Å². The molecule has 4 rings (SSSR count). The van der Waals surface area contributed by atoms with Gasteiger partial charge >= 0.3 is 0 Å². The van der Waals surface area contributed by atoms with Crippen LogP contribution in [0.2, 0.25) is 0 Å². The first-order valence-corrected chi connectivity index (χ1v) is 9.40. The lowest BCUT2D eigenvalue weighted by atomic mass is 10.1. The summed E-state index contributed by atoms with van der Waals surface area (Å²) in [5, 5.41) is 7.84. The Morgan fingerprint density at radius 2 is 1.90 bits per heavy atom. The van der Waals surface area contributed by atoms with Crippen LogP contribution in [0, 0.1) is 0 Å². The minimum Gasteiger partial charge on any atom is -0.494 e. The smallest absolute Gasteiger partial charge is 0.223 e. The summed E-state index contributed by atoms with van der Waals surface area (Å²) < 4.78 is 7.21. The van der Waals surface area contributed by atoms with E-state index in [1.807, 2.05) is 48.7 Å². The van der Waals surface area contributed by atoms with E-state index in [-0.39, 0.29) is 6.04 Å². The summed E-state index contributed by atoms with van der Waals surface area (Å²) >= 11 is 0. The number of rotatable bonds is 7. The second kappa shape index (κ2) is 8.52. The maximum Gasteiger partial charge on any atom is 0.223 e. The second-order valence-corrected chi connectivity index (χ2v) is 6.72. The van der Waals surface area contributed by atoms with Gasteiger partial charge in [0.05, 0.1) is 19.0 Å². The first kappa shape index (κ1) is 18.6. The molecule has 0 saturated heterocycles.